The highest BCUT2D eigenvalue weighted by Crippen LogP contribution is 2.43. The van der Waals surface area contributed by atoms with E-state index < -0.39 is 27.4 Å². The van der Waals surface area contributed by atoms with Gasteiger partial charge in [0.25, 0.3) is 10.0 Å². The van der Waals surface area contributed by atoms with E-state index >= 15 is 0 Å². The molecule has 0 bridgehead atoms. The Labute approximate surface area is 224 Å². The number of carboxylic acid groups (broad SMARTS) is 1. The van der Waals surface area contributed by atoms with Gasteiger partial charge in [-0.15, -0.1) is 11.3 Å². The molecule has 4 rings (SSSR count). The van der Waals surface area contributed by atoms with Gasteiger partial charge < -0.3 is 9.84 Å². The normalized spacial score (nSPS) is 15.7. The first-order valence-electron chi connectivity index (χ1n) is 12.1. The molecule has 1 aromatic heterocycles. The van der Waals surface area contributed by atoms with Gasteiger partial charge in [-0.05, 0) is 61.6 Å². The number of aromatic carboxylic acids is 1. The Hall–Kier alpha value is -3.31. The van der Waals surface area contributed by atoms with E-state index in [0.29, 0.717) is 27.5 Å². The van der Waals surface area contributed by atoms with Crippen molar-refractivity contribution >= 4 is 38.8 Å². The second-order valence-electron chi connectivity index (χ2n) is 10.2. The average Bonchev–Trinajstić information content (AvgIpc) is 3.35. The number of anilines is 1. The number of rotatable bonds is 8. The number of hydrogen-bond donors (Lipinski definition) is 2. The number of sulfonamides is 1. The van der Waals surface area contributed by atoms with Gasteiger partial charge in [0, 0.05) is 22.6 Å². The molecule has 0 atom stereocenters. The standard InChI is InChI=1S/C27H29FN2O6S2/c1-15(31)19-11-17(16-7-9-27(2,3)10-8-16)5-6-18(19)25-29-24(14-37-25)38(34,35)30-22-13-21(28)20(26(32)33)12-23(22)36-4/h5-6,11-14,16,30H,7-10H2,1-4H3,(H,32,33). The van der Waals surface area contributed by atoms with E-state index in [1.807, 2.05) is 18.2 Å². The molecule has 1 heterocycles. The molecular formula is C27H29FN2O6S2. The minimum absolute atomic E-state index is 0.144. The summed E-state index contributed by atoms with van der Waals surface area (Å²) in [6.07, 6.45) is 4.32. The minimum atomic E-state index is -4.28. The Morgan fingerprint density at radius 1 is 1.16 bits per heavy atom. The smallest absolute Gasteiger partial charge is 0.338 e. The lowest BCUT2D eigenvalue weighted by atomic mass is 9.71. The lowest BCUT2D eigenvalue weighted by Gasteiger charge is -2.34. The van der Waals surface area contributed by atoms with Gasteiger partial charge in [0.1, 0.15) is 16.6 Å². The quantitative estimate of drug-likeness (QED) is 0.308. The Kier molecular flexibility index (Phi) is 7.62. The molecule has 0 radical (unpaired) electrons. The van der Waals surface area contributed by atoms with Crippen molar-refractivity contribution in [2.24, 2.45) is 5.41 Å². The van der Waals surface area contributed by atoms with Gasteiger partial charge in [-0.2, -0.15) is 8.42 Å². The van der Waals surface area contributed by atoms with Crippen LogP contribution in [-0.2, 0) is 10.0 Å². The maximum atomic E-state index is 14.2. The number of thiazole rings is 1. The van der Waals surface area contributed by atoms with Crippen LogP contribution in [0.5, 0.6) is 5.75 Å². The van der Waals surface area contributed by atoms with Crippen LogP contribution in [0.4, 0.5) is 10.1 Å². The zero-order valence-electron chi connectivity index (χ0n) is 21.5. The molecule has 1 aliphatic carbocycles. The van der Waals surface area contributed by atoms with Crippen LogP contribution in [0.1, 0.15) is 78.7 Å². The van der Waals surface area contributed by atoms with Crippen LogP contribution in [0, 0.1) is 11.2 Å². The fraction of sp³-hybridized carbons (Fsp3) is 0.370. The highest BCUT2D eigenvalue weighted by atomic mass is 32.2. The Morgan fingerprint density at radius 2 is 1.84 bits per heavy atom. The van der Waals surface area contributed by atoms with Crippen molar-refractivity contribution in [3.05, 3.63) is 58.2 Å². The number of Topliss-reactive ketones (excluding diaryl/α,β-unsaturated/α-hetero) is 1. The summed E-state index contributed by atoms with van der Waals surface area (Å²) in [7, 11) is -3.08. The fourth-order valence-electron chi connectivity index (χ4n) is 4.70. The highest BCUT2D eigenvalue weighted by Gasteiger charge is 2.29. The van der Waals surface area contributed by atoms with Gasteiger partial charge in [-0.25, -0.2) is 14.2 Å². The third-order valence-electron chi connectivity index (χ3n) is 6.99. The van der Waals surface area contributed by atoms with E-state index in [9.17, 15) is 22.4 Å². The second-order valence-corrected chi connectivity index (χ2v) is 12.7. The number of carbonyl (C=O) groups is 2. The summed E-state index contributed by atoms with van der Waals surface area (Å²) in [6, 6.07) is 7.34. The number of halogens is 1. The molecule has 0 unspecified atom stereocenters. The zero-order valence-corrected chi connectivity index (χ0v) is 23.1. The third kappa shape index (κ3) is 5.73. The SMILES string of the molecule is COc1cc(C(=O)O)c(F)cc1NS(=O)(=O)c1csc(-c2ccc(C3CCC(C)(C)CC3)cc2C(C)=O)n1. The molecule has 2 N–H and O–H groups in total. The van der Waals surface area contributed by atoms with Crippen molar-refractivity contribution in [2.75, 3.05) is 11.8 Å². The molecule has 0 saturated heterocycles. The number of methoxy groups -OCH3 is 1. The molecule has 0 amide bonds. The van der Waals surface area contributed by atoms with Crippen LogP contribution >= 0.6 is 11.3 Å². The van der Waals surface area contributed by atoms with E-state index in [-0.39, 0.29) is 22.2 Å². The maximum Gasteiger partial charge on any atom is 0.338 e. The average molecular weight is 561 g/mol. The molecule has 11 heteroatoms. The minimum Gasteiger partial charge on any atom is -0.495 e. The van der Waals surface area contributed by atoms with Crippen molar-refractivity contribution < 1.29 is 32.2 Å². The van der Waals surface area contributed by atoms with Gasteiger partial charge in [0.15, 0.2) is 10.8 Å². The number of hydrogen-bond acceptors (Lipinski definition) is 7. The number of aromatic nitrogens is 1. The summed E-state index contributed by atoms with van der Waals surface area (Å²) in [5.74, 6) is -2.58. The van der Waals surface area contributed by atoms with Crippen molar-refractivity contribution in [3.63, 3.8) is 0 Å². The number of nitrogens with one attached hydrogen (secondary N) is 1. The monoisotopic (exact) mass is 560 g/mol. The third-order valence-corrected chi connectivity index (χ3v) is 9.26. The summed E-state index contributed by atoms with van der Waals surface area (Å²) in [5, 5.41) is 10.5. The van der Waals surface area contributed by atoms with E-state index in [0.717, 1.165) is 54.7 Å². The molecule has 8 nitrogen and oxygen atoms in total. The van der Waals surface area contributed by atoms with Crippen LogP contribution in [0.3, 0.4) is 0 Å². The lowest BCUT2D eigenvalue weighted by Crippen LogP contribution is -2.20. The van der Waals surface area contributed by atoms with Gasteiger partial charge in [-0.3, -0.25) is 9.52 Å². The molecule has 0 aliphatic heterocycles. The number of carbonyl (C=O) groups excluding carboxylic acids is 1. The summed E-state index contributed by atoms with van der Waals surface area (Å²) in [6.45, 7) is 6.02. The predicted octanol–water partition coefficient (Wildman–Crippen LogP) is 6.34. The van der Waals surface area contributed by atoms with E-state index in [1.165, 1.54) is 19.4 Å². The predicted molar refractivity (Wildman–Crippen MR) is 143 cm³/mol. The van der Waals surface area contributed by atoms with E-state index in [4.69, 9.17) is 9.84 Å². The second kappa shape index (κ2) is 10.5. The summed E-state index contributed by atoms with van der Waals surface area (Å²) in [5.41, 5.74) is 1.52. The van der Waals surface area contributed by atoms with Crippen molar-refractivity contribution in [3.8, 4) is 16.3 Å². The fourth-order valence-corrected chi connectivity index (χ4v) is 6.89. The highest BCUT2D eigenvalue weighted by molar-refractivity contribution is 7.92. The van der Waals surface area contributed by atoms with Crippen LogP contribution in [0.25, 0.3) is 10.6 Å². The van der Waals surface area contributed by atoms with E-state index in [1.54, 1.807) is 0 Å². The van der Waals surface area contributed by atoms with Crippen LogP contribution in [0.15, 0.2) is 40.7 Å². The zero-order chi connectivity index (χ0) is 27.8. The molecular weight excluding hydrogens is 531 g/mol. The molecule has 0 spiro atoms. The van der Waals surface area contributed by atoms with Crippen molar-refractivity contribution in [1.29, 1.82) is 0 Å². The van der Waals surface area contributed by atoms with Crippen molar-refractivity contribution in [2.45, 2.75) is 57.4 Å². The first kappa shape index (κ1) is 27.7. The Morgan fingerprint density at radius 3 is 2.45 bits per heavy atom. The van der Waals surface area contributed by atoms with Crippen LogP contribution in [-0.4, -0.2) is 37.4 Å². The lowest BCUT2D eigenvalue weighted by molar-refractivity contribution is 0.0691. The number of benzene rings is 2. The van der Waals surface area contributed by atoms with Crippen LogP contribution in [0.2, 0.25) is 0 Å². The topological polar surface area (TPSA) is 123 Å². The Bertz CT molecular complexity index is 1500. The first-order chi connectivity index (χ1) is 17.8. The summed E-state index contributed by atoms with van der Waals surface area (Å²) >= 11 is 1.07. The number of nitrogens with zero attached hydrogens (tertiary/aromatic N) is 1. The molecule has 202 valence electrons. The molecule has 1 saturated carbocycles. The number of carboxylic acids is 1. The van der Waals surface area contributed by atoms with Gasteiger partial charge >= 0.3 is 5.97 Å². The molecule has 2 aromatic carbocycles. The summed E-state index contributed by atoms with van der Waals surface area (Å²) < 4.78 is 47.6. The maximum absolute atomic E-state index is 14.2. The first-order valence-corrected chi connectivity index (χ1v) is 14.4. The number of ketones is 1. The van der Waals surface area contributed by atoms with Crippen LogP contribution < -0.4 is 9.46 Å². The molecule has 1 fully saturated rings. The van der Waals surface area contributed by atoms with Gasteiger partial charge in [-0.1, -0.05) is 26.0 Å². The largest absolute Gasteiger partial charge is 0.495 e. The van der Waals surface area contributed by atoms with Gasteiger partial charge in [0.05, 0.1) is 18.4 Å². The molecule has 3 aromatic rings. The van der Waals surface area contributed by atoms with Gasteiger partial charge in [0.2, 0.25) is 0 Å². The molecule has 38 heavy (non-hydrogen) atoms. The van der Waals surface area contributed by atoms with E-state index in [2.05, 4.69) is 23.6 Å². The summed E-state index contributed by atoms with van der Waals surface area (Å²) in [4.78, 5) is 28.0. The molecule has 1 aliphatic rings. The number of ether oxygens (including phenoxy) is 1. The Balaban J connectivity index is 1.63. The van der Waals surface area contributed by atoms with Crippen molar-refractivity contribution in [1.82, 2.24) is 4.98 Å².